The van der Waals surface area contributed by atoms with Crippen LogP contribution in [0.15, 0.2) is 0 Å². The number of tetrazole rings is 1. The van der Waals surface area contributed by atoms with Crippen LogP contribution < -0.4 is 5.32 Å². The molecule has 0 amide bonds. The van der Waals surface area contributed by atoms with Crippen molar-refractivity contribution in [2.75, 3.05) is 19.1 Å². The van der Waals surface area contributed by atoms with Crippen LogP contribution in [0.25, 0.3) is 0 Å². The first-order valence-corrected chi connectivity index (χ1v) is 6.04. The molecule has 0 radical (unpaired) electrons. The highest BCUT2D eigenvalue weighted by Crippen LogP contribution is 2.15. The molecule has 5 nitrogen and oxygen atoms in total. The van der Waals surface area contributed by atoms with Gasteiger partial charge in [-0.15, -0.1) is 5.10 Å². The molecule has 0 aliphatic rings. The zero-order chi connectivity index (χ0) is 10.6. The fourth-order valence-corrected chi connectivity index (χ4v) is 1.86. The van der Waals surface area contributed by atoms with Gasteiger partial charge in [0.1, 0.15) is 0 Å². The summed E-state index contributed by atoms with van der Waals surface area (Å²) >= 11 is 1.80. The summed E-state index contributed by atoms with van der Waals surface area (Å²) in [5.74, 6) is 1.92. The molecule has 6 heteroatoms. The SMILES string of the molecule is CNC(C)c1nnnn1C(C)CSC. The van der Waals surface area contributed by atoms with Gasteiger partial charge >= 0.3 is 0 Å². The maximum Gasteiger partial charge on any atom is 0.168 e. The van der Waals surface area contributed by atoms with E-state index in [2.05, 4.69) is 34.0 Å². The summed E-state index contributed by atoms with van der Waals surface area (Å²) in [6.07, 6.45) is 2.09. The molecule has 1 N–H and O–H groups in total. The van der Waals surface area contributed by atoms with Crippen LogP contribution >= 0.6 is 11.8 Å². The van der Waals surface area contributed by atoms with E-state index in [-0.39, 0.29) is 6.04 Å². The third-order valence-corrected chi connectivity index (χ3v) is 2.98. The van der Waals surface area contributed by atoms with Gasteiger partial charge in [0.25, 0.3) is 0 Å². The van der Waals surface area contributed by atoms with Crippen LogP contribution in [0, 0.1) is 0 Å². The zero-order valence-electron chi connectivity index (χ0n) is 9.06. The highest BCUT2D eigenvalue weighted by Gasteiger charge is 2.16. The zero-order valence-corrected chi connectivity index (χ0v) is 9.88. The first-order valence-electron chi connectivity index (χ1n) is 4.64. The summed E-state index contributed by atoms with van der Waals surface area (Å²) in [5.41, 5.74) is 0. The monoisotopic (exact) mass is 215 g/mol. The topological polar surface area (TPSA) is 55.6 Å². The second kappa shape index (κ2) is 5.31. The Balaban J connectivity index is 2.81. The molecule has 0 aliphatic carbocycles. The summed E-state index contributed by atoms with van der Waals surface area (Å²) in [5, 5.41) is 14.9. The van der Waals surface area contributed by atoms with Gasteiger partial charge in [-0.2, -0.15) is 11.8 Å². The van der Waals surface area contributed by atoms with Crippen LogP contribution in [0.1, 0.15) is 31.8 Å². The Morgan fingerprint density at radius 1 is 1.50 bits per heavy atom. The molecule has 0 aliphatic heterocycles. The van der Waals surface area contributed by atoms with E-state index in [0.717, 1.165) is 11.6 Å². The van der Waals surface area contributed by atoms with Gasteiger partial charge in [0.05, 0.1) is 12.1 Å². The van der Waals surface area contributed by atoms with Crippen molar-refractivity contribution in [2.24, 2.45) is 0 Å². The predicted molar refractivity (Wildman–Crippen MR) is 58.4 cm³/mol. The fraction of sp³-hybridized carbons (Fsp3) is 0.875. The van der Waals surface area contributed by atoms with Crippen LogP contribution in [0.5, 0.6) is 0 Å². The van der Waals surface area contributed by atoms with E-state index >= 15 is 0 Å². The van der Waals surface area contributed by atoms with E-state index in [1.54, 1.807) is 11.8 Å². The smallest absolute Gasteiger partial charge is 0.168 e. The lowest BCUT2D eigenvalue weighted by Crippen LogP contribution is -2.21. The summed E-state index contributed by atoms with van der Waals surface area (Å²) in [6.45, 7) is 4.17. The minimum atomic E-state index is 0.189. The Hall–Kier alpha value is -0.620. The quantitative estimate of drug-likeness (QED) is 0.790. The Bertz CT molecular complexity index is 274. The van der Waals surface area contributed by atoms with Gasteiger partial charge < -0.3 is 5.32 Å². The molecule has 14 heavy (non-hydrogen) atoms. The molecule has 80 valence electrons. The van der Waals surface area contributed by atoms with Gasteiger partial charge in [-0.05, 0) is 37.6 Å². The number of rotatable bonds is 5. The summed E-state index contributed by atoms with van der Waals surface area (Å²) in [4.78, 5) is 0. The minimum absolute atomic E-state index is 0.189. The predicted octanol–water partition coefficient (Wildman–Crippen LogP) is 0.877. The van der Waals surface area contributed by atoms with E-state index in [4.69, 9.17) is 0 Å². The van der Waals surface area contributed by atoms with Crippen LogP contribution in [0.2, 0.25) is 0 Å². The van der Waals surface area contributed by atoms with Gasteiger partial charge in [-0.25, -0.2) is 4.68 Å². The Kier molecular flexibility index (Phi) is 4.34. The van der Waals surface area contributed by atoms with Crippen molar-refractivity contribution < 1.29 is 0 Å². The number of hydrogen-bond acceptors (Lipinski definition) is 5. The lowest BCUT2D eigenvalue weighted by atomic mass is 10.3. The number of thioether (sulfide) groups is 1. The number of nitrogens with zero attached hydrogens (tertiary/aromatic N) is 4. The van der Waals surface area contributed by atoms with Crippen molar-refractivity contribution in [3.8, 4) is 0 Å². The molecule has 0 aromatic carbocycles. The van der Waals surface area contributed by atoms with Crippen LogP contribution in [-0.2, 0) is 0 Å². The average Bonchev–Trinajstić information content (AvgIpc) is 2.65. The molecular weight excluding hydrogens is 198 g/mol. The van der Waals surface area contributed by atoms with Crippen LogP contribution in [0.4, 0.5) is 0 Å². The summed E-state index contributed by atoms with van der Waals surface area (Å²) < 4.78 is 1.89. The third-order valence-electron chi connectivity index (χ3n) is 2.16. The van der Waals surface area contributed by atoms with E-state index in [1.165, 1.54) is 0 Å². The molecular formula is C8H17N5S. The van der Waals surface area contributed by atoms with Gasteiger partial charge in [-0.3, -0.25) is 0 Å². The van der Waals surface area contributed by atoms with Crippen molar-refractivity contribution in [3.05, 3.63) is 5.82 Å². The largest absolute Gasteiger partial charge is 0.311 e. The van der Waals surface area contributed by atoms with Gasteiger partial charge in [0, 0.05) is 5.75 Å². The molecule has 2 unspecified atom stereocenters. The number of aromatic nitrogens is 4. The van der Waals surface area contributed by atoms with E-state index in [1.807, 2.05) is 18.7 Å². The molecule has 0 fully saturated rings. The van der Waals surface area contributed by atoms with E-state index in [0.29, 0.717) is 6.04 Å². The van der Waals surface area contributed by atoms with Crippen molar-refractivity contribution in [2.45, 2.75) is 25.9 Å². The Morgan fingerprint density at radius 3 is 2.79 bits per heavy atom. The molecule has 0 spiro atoms. The first kappa shape index (κ1) is 11.5. The first-order chi connectivity index (χ1) is 6.70. The molecule has 0 saturated heterocycles. The molecule has 1 aromatic rings. The molecule has 1 heterocycles. The van der Waals surface area contributed by atoms with Gasteiger partial charge in [0.2, 0.25) is 0 Å². The van der Waals surface area contributed by atoms with E-state index < -0.39 is 0 Å². The lowest BCUT2D eigenvalue weighted by molar-refractivity contribution is 0.467. The lowest BCUT2D eigenvalue weighted by Gasteiger charge is -2.15. The maximum absolute atomic E-state index is 4.02. The third kappa shape index (κ3) is 2.45. The van der Waals surface area contributed by atoms with Crippen LogP contribution in [-0.4, -0.2) is 39.3 Å². The van der Waals surface area contributed by atoms with E-state index in [9.17, 15) is 0 Å². The van der Waals surface area contributed by atoms with Crippen molar-refractivity contribution in [1.29, 1.82) is 0 Å². The second-order valence-corrected chi connectivity index (χ2v) is 4.21. The van der Waals surface area contributed by atoms with Crippen LogP contribution in [0.3, 0.4) is 0 Å². The average molecular weight is 215 g/mol. The van der Waals surface area contributed by atoms with Crippen molar-refractivity contribution in [1.82, 2.24) is 25.5 Å². The van der Waals surface area contributed by atoms with Gasteiger partial charge in [0.15, 0.2) is 5.82 Å². The summed E-state index contributed by atoms with van der Waals surface area (Å²) in [7, 11) is 1.91. The second-order valence-electron chi connectivity index (χ2n) is 3.30. The Morgan fingerprint density at radius 2 is 2.21 bits per heavy atom. The standard InChI is InChI=1S/C8H17N5S/c1-6(5-14-4)13-8(7(2)9-3)10-11-12-13/h6-7,9H,5H2,1-4H3. The minimum Gasteiger partial charge on any atom is -0.311 e. The normalized spacial score (nSPS) is 15.4. The van der Waals surface area contributed by atoms with Gasteiger partial charge in [-0.1, -0.05) is 0 Å². The number of hydrogen-bond donors (Lipinski definition) is 1. The highest BCUT2D eigenvalue weighted by atomic mass is 32.2. The van der Waals surface area contributed by atoms with Crippen molar-refractivity contribution in [3.63, 3.8) is 0 Å². The molecule has 1 rings (SSSR count). The molecule has 1 aromatic heterocycles. The summed E-state index contributed by atoms with van der Waals surface area (Å²) in [6, 6.07) is 0.528. The highest BCUT2D eigenvalue weighted by molar-refractivity contribution is 7.98. The molecule has 0 bridgehead atoms. The van der Waals surface area contributed by atoms with Crippen molar-refractivity contribution >= 4 is 11.8 Å². The number of nitrogens with one attached hydrogen (secondary N) is 1. The maximum atomic E-state index is 4.02. The fourth-order valence-electron chi connectivity index (χ4n) is 1.24. The molecule has 0 saturated carbocycles. The molecule has 2 atom stereocenters. The Labute approximate surface area is 88.6 Å².